The van der Waals surface area contributed by atoms with Crippen LogP contribution in [0.4, 0.5) is 0 Å². The average molecular weight is 509 g/mol. The number of aliphatic hydroxyl groups excluding tert-OH is 1. The van der Waals surface area contributed by atoms with E-state index < -0.39 is 18.1 Å². The Morgan fingerprint density at radius 1 is 0.833 bits per heavy atom. The van der Waals surface area contributed by atoms with Crippen molar-refractivity contribution < 1.29 is 33.8 Å². The largest absolute Gasteiger partial charge is 0.477 e. The van der Waals surface area contributed by atoms with Crippen molar-refractivity contribution in [3.63, 3.8) is 0 Å². The van der Waals surface area contributed by atoms with Crippen molar-refractivity contribution in [1.82, 2.24) is 0 Å². The van der Waals surface area contributed by atoms with Crippen molar-refractivity contribution >= 4 is 11.9 Å². The summed E-state index contributed by atoms with van der Waals surface area (Å²) < 4.78 is 10.8. The van der Waals surface area contributed by atoms with Crippen LogP contribution in [0.15, 0.2) is 48.6 Å². The van der Waals surface area contributed by atoms with Crippen LogP contribution in [-0.4, -0.2) is 79.7 Å². The van der Waals surface area contributed by atoms with Crippen molar-refractivity contribution in [2.75, 3.05) is 41.0 Å². The maximum atomic E-state index is 11.8. The number of carboxylic acid groups (broad SMARTS) is 1. The number of nitrogens with zero attached hydrogens (tertiary/aromatic N) is 1. The van der Waals surface area contributed by atoms with Gasteiger partial charge in [0.25, 0.3) is 0 Å². The molecule has 0 aromatic carbocycles. The second kappa shape index (κ2) is 22.0. The summed E-state index contributed by atoms with van der Waals surface area (Å²) in [6, 6.07) is -0.581. The normalized spacial score (nSPS) is 14.4. The van der Waals surface area contributed by atoms with Crippen molar-refractivity contribution in [3.05, 3.63) is 48.6 Å². The van der Waals surface area contributed by atoms with E-state index in [4.69, 9.17) is 9.47 Å². The van der Waals surface area contributed by atoms with Crippen LogP contribution in [0.2, 0.25) is 0 Å². The first kappa shape index (κ1) is 33.8. The Kier molecular flexibility index (Phi) is 20.7. The van der Waals surface area contributed by atoms with Gasteiger partial charge in [-0.15, -0.1) is 0 Å². The highest BCUT2D eigenvalue weighted by molar-refractivity contribution is 5.72. The minimum absolute atomic E-state index is 0.00559. The molecular weight excluding hydrogens is 458 g/mol. The van der Waals surface area contributed by atoms with E-state index in [1.165, 1.54) is 0 Å². The van der Waals surface area contributed by atoms with Crippen molar-refractivity contribution in [2.45, 2.75) is 83.3 Å². The molecule has 0 aliphatic heterocycles. The zero-order valence-electron chi connectivity index (χ0n) is 22.9. The molecule has 0 fully saturated rings. The first-order valence-corrected chi connectivity index (χ1v) is 13.2. The number of aliphatic hydroxyl groups is 1. The fourth-order valence-corrected chi connectivity index (χ4v) is 3.37. The van der Waals surface area contributed by atoms with E-state index in [0.717, 1.165) is 51.4 Å². The highest BCUT2D eigenvalue weighted by atomic mass is 16.5. The third kappa shape index (κ3) is 21.1. The molecule has 0 saturated carbocycles. The molecule has 0 aliphatic carbocycles. The summed E-state index contributed by atoms with van der Waals surface area (Å²) in [4.78, 5) is 23.1. The third-order valence-corrected chi connectivity index (χ3v) is 5.47. The number of quaternary nitrogens is 1. The lowest BCUT2D eigenvalue weighted by atomic mass is 10.1. The van der Waals surface area contributed by atoms with Gasteiger partial charge < -0.3 is 24.2 Å². The number of carbonyl (C=O) groups excluding carboxylic acids is 1. The van der Waals surface area contributed by atoms with E-state index in [0.29, 0.717) is 17.3 Å². The van der Waals surface area contributed by atoms with Crippen LogP contribution >= 0.6 is 0 Å². The molecule has 2 atom stereocenters. The molecule has 7 heteroatoms. The lowest BCUT2D eigenvalue weighted by Crippen LogP contribution is -2.50. The van der Waals surface area contributed by atoms with Crippen LogP contribution < -0.4 is 0 Å². The Morgan fingerprint density at radius 2 is 1.42 bits per heavy atom. The maximum absolute atomic E-state index is 11.8. The van der Waals surface area contributed by atoms with E-state index in [-0.39, 0.29) is 25.8 Å². The number of carboxylic acids is 1. The van der Waals surface area contributed by atoms with E-state index in [2.05, 4.69) is 55.5 Å². The van der Waals surface area contributed by atoms with Gasteiger partial charge in [-0.25, -0.2) is 4.79 Å². The van der Waals surface area contributed by atoms with Gasteiger partial charge in [-0.1, -0.05) is 62.0 Å². The lowest BCUT2D eigenvalue weighted by Gasteiger charge is -2.31. The van der Waals surface area contributed by atoms with E-state index >= 15 is 0 Å². The number of hydrogen-bond donors (Lipinski definition) is 2. The molecule has 0 radical (unpaired) electrons. The highest BCUT2D eigenvalue weighted by Crippen LogP contribution is 2.09. The zero-order valence-corrected chi connectivity index (χ0v) is 22.9. The van der Waals surface area contributed by atoms with Crippen LogP contribution in [-0.2, 0) is 19.1 Å². The number of likely N-dealkylation sites (N-methyl/N-ethyl adjacent to an activating group) is 1. The molecule has 0 aromatic rings. The summed E-state index contributed by atoms with van der Waals surface area (Å²) in [6.45, 7) is 2.25. The summed E-state index contributed by atoms with van der Waals surface area (Å²) >= 11 is 0. The smallest absolute Gasteiger partial charge is 0.362 e. The van der Waals surface area contributed by atoms with Crippen LogP contribution in [0.3, 0.4) is 0 Å². The number of rotatable bonds is 22. The molecule has 0 spiro atoms. The van der Waals surface area contributed by atoms with E-state index in [9.17, 15) is 19.8 Å². The molecule has 7 nitrogen and oxygen atoms in total. The van der Waals surface area contributed by atoms with Crippen molar-refractivity contribution in [3.8, 4) is 0 Å². The molecule has 0 amide bonds. The first-order valence-electron chi connectivity index (χ1n) is 13.2. The van der Waals surface area contributed by atoms with Gasteiger partial charge in [-0.3, -0.25) is 4.79 Å². The fourth-order valence-electron chi connectivity index (χ4n) is 3.37. The number of carbonyl (C=O) groups is 2. The SMILES string of the molecule is CC/C=C/C/C=C/C/C=C/C/C=C/CCCCCC(=O)OCC(O)COCCC(C(=O)O)[N+](C)(C)C. The fraction of sp³-hybridized carbons (Fsp3) is 0.655. The van der Waals surface area contributed by atoms with E-state index in [1.807, 2.05) is 21.1 Å². The Balaban J connectivity index is 3.69. The summed E-state index contributed by atoms with van der Waals surface area (Å²) in [7, 11) is 5.45. The van der Waals surface area contributed by atoms with Gasteiger partial charge in [-0.05, 0) is 44.9 Å². The molecule has 36 heavy (non-hydrogen) atoms. The Labute approximate surface area is 218 Å². The first-order chi connectivity index (χ1) is 17.2. The molecule has 0 aromatic heterocycles. The highest BCUT2D eigenvalue weighted by Gasteiger charge is 2.30. The number of aliphatic carboxylic acids is 1. The van der Waals surface area contributed by atoms with Crippen molar-refractivity contribution in [2.24, 2.45) is 0 Å². The van der Waals surface area contributed by atoms with Gasteiger partial charge in [0.05, 0.1) is 34.4 Å². The Morgan fingerprint density at radius 3 is 1.97 bits per heavy atom. The van der Waals surface area contributed by atoms with Gasteiger partial charge in [0.2, 0.25) is 0 Å². The van der Waals surface area contributed by atoms with Crippen LogP contribution in [0.1, 0.15) is 71.1 Å². The number of allylic oxidation sites excluding steroid dienone is 8. The molecule has 0 bridgehead atoms. The number of hydrogen-bond acceptors (Lipinski definition) is 5. The zero-order chi connectivity index (χ0) is 27.1. The third-order valence-electron chi connectivity index (χ3n) is 5.47. The number of ether oxygens (including phenoxy) is 2. The molecule has 206 valence electrons. The Hall–Kier alpha value is -2.22. The summed E-state index contributed by atoms with van der Waals surface area (Å²) in [6.07, 6.45) is 25.0. The van der Waals surface area contributed by atoms with Gasteiger partial charge in [0, 0.05) is 12.8 Å². The van der Waals surface area contributed by atoms with Gasteiger partial charge in [0.1, 0.15) is 12.7 Å². The summed E-state index contributed by atoms with van der Waals surface area (Å²) in [5.41, 5.74) is 0. The van der Waals surface area contributed by atoms with Crippen LogP contribution in [0.25, 0.3) is 0 Å². The predicted molar refractivity (Wildman–Crippen MR) is 146 cm³/mol. The topological polar surface area (TPSA) is 93.1 Å². The summed E-state index contributed by atoms with van der Waals surface area (Å²) in [5.74, 6) is -1.19. The Bertz CT molecular complexity index is 690. The molecule has 2 N–H and O–H groups in total. The number of esters is 1. The molecule has 0 rings (SSSR count). The quantitative estimate of drug-likeness (QED) is 0.0902. The van der Waals surface area contributed by atoms with Gasteiger partial charge in [0.15, 0.2) is 6.04 Å². The minimum Gasteiger partial charge on any atom is -0.477 e. The second-order valence-corrected chi connectivity index (χ2v) is 9.77. The standard InChI is InChI=1S/C29H49NO6/c1-5-6-7-8-9-10-11-12-13-14-15-16-17-18-19-20-21-28(32)36-25-26(31)24-35-23-22-27(29(33)34)30(2,3)4/h6-7,9-10,12-13,15-16,26-27,31H,5,8,11,14,17-25H2,1-4H3/p+1/b7-6+,10-9+,13-12+,16-15+. The number of unbranched alkanes of at least 4 members (excludes halogenated alkanes) is 3. The van der Waals surface area contributed by atoms with Crippen LogP contribution in [0, 0.1) is 0 Å². The lowest BCUT2D eigenvalue weighted by molar-refractivity contribution is -0.887. The molecule has 0 aliphatic rings. The van der Waals surface area contributed by atoms with Crippen LogP contribution in [0.5, 0.6) is 0 Å². The predicted octanol–water partition coefficient (Wildman–Crippen LogP) is 5.21. The van der Waals surface area contributed by atoms with Gasteiger partial charge in [-0.2, -0.15) is 0 Å². The minimum atomic E-state index is -0.917. The van der Waals surface area contributed by atoms with Gasteiger partial charge >= 0.3 is 11.9 Å². The molecule has 0 saturated heterocycles. The maximum Gasteiger partial charge on any atom is 0.362 e. The average Bonchev–Trinajstić information content (AvgIpc) is 2.81. The molecule has 2 unspecified atom stereocenters. The monoisotopic (exact) mass is 508 g/mol. The van der Waals surface area contributed by atoms with Crippen molar-refractivity contribution in [1.29, 1.82) is 0 Å². The van der Waals surface area contributed by atoms with E-state index in [1.54, 1.807) is 0 Å². The summed E-state index contributed by atoms with van der Waals surface area (Å²) in [5, 5.41) is 19.2. The molecular formula is C29H50NO6+. The molecule has 0 heterocycles. The second-order valence-electron chi connectivity index (χ2n) is 9.77.